The van der Waals surface area contributed by atoms with E-state index >= 15 is 0 Å². The molecule has 1 heterocycles. The van der Waals surface area contributed by atoms with Crippen molar-refractivity contribution in [3.05, 3.63) is 67.0 Å². The van der Waals surface area contributed by atoms with E-state index in [1.165, 1.54) is 0 Å². The Morgan fingerprint density at radius 1 is 1.06 bits per heavy atom. The number of nitrogens with one attached hydrogen (secondary N) is 1. The normalized spacial score (nSPS) is 11.8. The van der Waals surface area contributed by atoms with Crippen molar-refractivity contribution >= 4 is 5.95 Å². The van der Waals surface area contributed by atoms with Gasteiger partial charge >= 0.3 is 0 Å². The lowest BCUT2D eigenvalue weighted by molar-refractivity contribution is 0.946. The summed E-state index contributed by atoms with van der Waals surface area (Å²) in [7, 11) is 0. The molecule has 80 valence electrons. The van der Waals surface area contributed by atoms with Crippen molar-refractivity contribution in [1.29, 1.82) is 0 Å². The molecule has 1 atom stereocenters. The fourth-order valence-corrected chi connectivity index (χ4v) is 1.45. The summed E-state index contributed by atoms with van der Waals surface area (Å²) < 4.78 is 0. The first kappa shape index (κ1) is 10.4. The van der Waals surface area contributed by atoms with Gasteiger partial charge in [-0.05, 0) is 11.6 Å². The minimum Gasteiger partial charge on any atom is -0.344 e. The van der Waals surface area contributed by atoms with Gasteiger partial charge in [-0.15, -0.1) is 6.58 Å². The zero-order valence-electron chi connectivity index (χ0n) is 8.88. The van der Waals surface area contributed by atoms with Crippen molar-refractivity contribution < 1.29 is 0 Å². The maximum absolute atomic E-state index is 4.12. The van der Waals surface area contributed by atoms with Gasteiger partial charge in [0.15, 0.2) is 0 Å². The Balaban J connectivity index is 2.16. The Hall–Kier alpha value is -2.16. The number of nitrogens with zero attached hydrogens (tertiary/aromatic N) is 2. The number of rotatable bonds is 4. The number of anilines is 1. The second kappa shape index (κ2) is 5.07. The molecule has 2 rings (SSSR count). The van der Waals surface area contributed by atoms with Crippen molar-refractivity contribution in [3.8, 4) is 0 Å². The van der Waals surface area contributed by atoms with Gasteiger partial charge in [-0.1, -0.05) is 36.4 Å². The summed E-state index contributed by atoms with van der Waals surface area (Å²) in [6.07, 6.45) is 5.26. The molecule has 0 aliphatic heterocycles. The molecule has 0 radical (unpaired) electrons. The summed E-state index contributed by atoms with van der Waals surface area (Å²) in [6, 6.07) is 11.9. The third-order valence-electron chi connectivity index (χ3n) is 2.24. The average molecular weight is 211 g/mol. The molecular formula is C13H13N3. The monoisotopic (exact) mass is 211 g/mol. The van der Waals surface area contributed by atoms with Gasteiger partial charge in [0.2, 0.25) is 5.95 Å². The molecule has 0 aliphatic rings. The highest BCUT2D eigenvalue weighted by molar-refractivity contribution is 5.34. The van der Waals surface area contributed by atoms with Crippen LogP contribution in [-0.2, 0) is 0 Å². The third-order valence-corrected chi connectivity index (χ3v) is 2.24. The fourth-order valence-electron chi connectivity index (χ4n) is 1.45. The van der Waals surface area contributed by atoms with E-state index in [1.807, 2.05) is 36.4 Å². The highest BCUT2D eigenvalue weighted by atomic mass is 15.1. The van der Waals surface area contributed by atoms with Crippen LogP contribution in [0.15, 0.2) is 61.4 Å². The van der Waals surface area contributed by atoms with Gasteiger partial charge in [0.1, 0.15) is 0 Å². The molecule has 0 aliphatic carbocycles. The molecule has 0 saturated carbocycles. The summed E-state index contributed by atoms with van der Waals surface area (Å²) in [6.45, 7) is 3.82. The maximum atomic E-state index is 4.12. The van der Waals surface area contributed by atoms with E-state index in [9.17, 15) is 0 Å². The van der Waals surface area contributed by atoms with Crippen LogP contribution in [0.3, 0.4) is 0 Å². The number of benzene rings is 1. The Morgan fingerprint density at radius 2 is 1.75 bits per heavy atom. The Labute approximate surface area is 94.9 Å². The number of hydrogen-bond donors (Lipinski definition) is 1. The van der Waals surface area contributed by atoms with Gasteiger partial charge < -0.3 is 5.32 Å². The molecule has 16 heavy (non-hydrogen) atoms. The largest absolute Gasteiger partial charge is 0.344 e. The van der Waals surface area contributed by atoms with Gasteiger partial charge in [0.05, 0.1) is 6.04 Å². The molecule has 2 aromatic rings. The zero-order chi connectivity index (χ0) is 11.2. The van der Waals surface area contributed by atoms with Gasteiger partial charge in [0.25, 0.3) is 0 Å². The average Bonchev–Trinajstić information content (AvgIpc) is 2.38. The van der Waals surface area contributed by atoms with Crippen LogP contribution < -0.4 is 5.32 Å². The number of aromatic nitrogens is 2. The summed E-state index contributed by atoms with van der Waals surface area (Å²) in [5.74, 6) is 0.608. The molecule has 0 fully saturated rings. The van der Waals surface area contributed by atoms with Crippen LogP contribution in [0.25, 0.3) is 0 Å². The molecule has 0 bridgehead atoms. The van der Waals surface area contributed by atoms with Gasteiger partial charge in [-0.2, -0.15) is 0 Å². The van der Waals surface area contributed by atoms with Crippen LogP contribution in [0.4, 0.5) is 5.95 Å². The lowest BCUT2D eigenvalue weighted by atomic mass is 10.1. The highest BCUT2D eigenvalue weighted by Gasteiger charge is 2.06. The summed E-state index contributed by atoms with van der Waals surface area (Å²) >= 11 is 0. The van der Waals surface area contributed by atoms with Gasteiger partial charge in [-0.3, -0.25) is 0 Å². The summed E-state index contributed by atoms with van der Waals surface area (Å²) in [5.41, 5.74) is 1.14. The number of hydrogen-bond acceptors (Lipinski definition) is 3. The molecule has 0 spiro atoms. The topological polar surface area (TPSA) is 37.8 Å². The maximum Gasteiger partial charge on any atom is 0.223 e. The van der Waals surface area contributed by atoms with Crippen LogP contribution in [0.5, 0.6) is 0 Å². The first-order chi connectivity index (χ1) is 7.90. The lowest BCUT2D eigenvalue weighted by Crippen LogP contribution is -2.09. The predicted molar refractivity (Wildman–Crippen MR) is 65.0 cm³/mol. The van der Waals surface area contributed by atoms with Crippen molar-refractivity contribution in [2.45, 2.75) is 6.04 Å². The lowest BCUT2D eigenvalue weighted by Gasteiger charge is -2.14. The third kappa shape index (κ3) is 2.45. The summed E-state index contributed by atoms with van der Waals surface area (Å²) in [5, 5.41) is 3.20. The second-order valence-electron chi connectivity index (χ2n) is 3.34. The predicted octanol–water partition coefficient (Wildman–Crippen LogP) is 2.82. The Morgan fingerprint density at radius 3 is 2.38 bits per heavy atom. The minimum atomic E-state index is 0.0311. The van der Waals surface area contributed by atoms with E-state index in [1.54, 1.807) is 18.5 Å². The molecule has 1 unspecified atom stereocenters. The van der Waals surface area contributed by atoms with Crippen LogP contribution in [-0.4, -0.2) is 9.97 Å². The smallest absolute Gasteiger partial charge is 0.223 e. The SMILES string of the molecule is C=CC(Nc1ncccn1)c1ccccc1. The highest BCUT2D eigenvalue weighted by Crippen LogP contribution is 2.17. The first-order valence-electron chi connectivity index (χ1n) is 5.11. The second-order valence-corrected chi connectivity index (χ2v) is 3.34. The standard InChI is InChI=1S/C13H13N3/c1-2-12(11-7-4-3-5-8-11)16-13-14-9-6-10-15-13/h2-10,12H,1H2,(H,14,15,16). The molecule has 0 amide bonds. The van der Waals surface area contributed by atoms with Crippen LogP contribution in [0.2, 0.25) is 0 Å². The molecule has 1 aromatic carbocycles. The molecule has 3 nitrogen and oxygen atoms in total. The van der Waals surface area contributed by atoms with E-state index in [2.05, 4.69) is 21.9 Å². The van der Waals surface area contributed by atoms with Crippen LogP contribution in [0.1, 0.15) is 11.6 Å². The van der Waals surface area contributed by atoms with Crippen molar-refractivity contribution in [2.24, 2.45) is 0 Å². The Kier molecular flexibility index (Phi) is 3.28. The van der Waals surface area contributed by atoms with Crippen LogP contribution in [0, 0.1) is 0 Å². The van der Waals surface area contributed by atoms with Crippen molar-refractivity contribution in [2.75, 3.05) is 5.32 Å². The van der Waals surface area contributed by atoms with Crippen LogP contribution >= 0.6 is 0 Å². The molecule has 1 N–H and O–H groups in total. The van der Waals surface area contributed by atoms with E-state index < -0.39 is 0 Å². The zero-order valence-corrected chi connectivity index (χ0v) is 8.88. The molecule has 3 heteroatoms. The Bertz CT molecular complexity index is 439. The van der Waals surface area contributed by atoms with Crippen molar-refractivity contribution in [1.82, 2.24) is 9.97 Å². The van der Waals surface area contributed by atoms with Gasteiger partial charge in [0, 0.05) is 12.4 Å². The van der Waals surface area contributed by atoms with Gasteiger partial charge in [-0.25, -0.2) is 9.97 Å². The van der Waals surface area contributed by atoms with E-state index in [0.717, 1.165) is 5.56 Å². The molecular weight excluding hydrogens is 198 g/mol. The first-order valence-corrected chi connectivity index (χ1v) is 5.11. The van der Waals surface area contributed by atoms with E-state index in [4.69, 9.17) is 0 Å². The van der Waals surface area contributed by atoms with Crippen molar-refractivity contribution in [3.63, 3.8) is 0 Å². The molecule has 1 aromatic heterocycles. The quantitative estimate of drug-likeness (QED) is 0.790. The summed E-state index contributed by atoms with van der Waals surface area (Å²) in [4.78, 5) is 8.24. The van der Waals surface area contributed by atoms with E-state index in [-0.39, 0.29) is 6.04 Å². The molecule has 0 saturated heterocycles. The minimum absolute atomic E-state index is 0.0311. The van der Waals surface area contributed by atoms with E-state index in [0.29, 0.717) is 5.95 Å². The fraction of sp³-hybridized carbons (Fsp3) is 0.0769.